The first-order chi connectivity index (χ1) is 23.8. The number of anilines is 1. The maximum Gasteiger partial charge on any atom is 0.401 e. The van der Waals surface area contributed by atoms with Gasteiger partial charge in [0.2, 0.25) is 5.85 Å². The molecule has 3 heterocycles. The van der Waals surface area contributed by atoms with Crippen LogP contribution in [-0.4, -0.2) is 111 Å². The van der Waals surface area contributed by atoms with Gasteiger partial charge in [0, 0.05) is 58.1 Å². The fourth-order valence-electron chi connectivity index (χ4n) is 7.54. The van der Waals surface area contributed by atoms with Crippen molar-refractivity contribution in [1.82, 2.24) is 24.5 Å². The predicted molar refractivity (Wildman–Crippen MR) is 181 cm³/mol. The lowest BCUT2D eigenvalue weighted by atomic mass is 9.87. The highest BCUT2D eigenvalue weighted by atomic mass is 35.5. The molecule has 1 saturated carbocycles. The maximum absolute atomic E-state index is 14.7. The number of nitrogens with one attached hydrogen (secondary N) is 1. The molecule has 2 aromatic carbocycles. The van der Waals surface area contributed by atoms with Gasteiger partial charge in [-0.15, -0.1) is 0 Å². The molecule has 1 aromatic heterocycles. The standard InChI is InChI=1S/C35H42ClF3N6O5/c1-42-29-7-3-2-6-26(29)31(41-42)32(47)40-28-13-8-23(20-27(28)36)21-30(46)35(44-14-4-5-15-44,50-25-11-9-24(10-12-25)33(48)49)45-18-16-43(17-19-45)22-34(37,38)39/h2-3,6-8,13,20,24-25H,4-5,9-12,14-19,21-22H2,1H3,(H,40,47)(H,48,49). The number of benzene rings is 2. The number of piperazine rings is 1. The van der Waals surface area contributed by atoms with E-state index in [-0.39, 0.29) is 49.1 Å². The van der Waals surface area contributed by atoms with Crippen LogP contribution < -0.4 is 5.32 Å². The highest BCUT2D eigenvalue weighted by Crippen LogP contribution is 2.37. The number of aliphatic carboxylic acids is 1. The Kier molecular flexibility index (Phi) is 10.8. The first-order valence-corrected chi connectivity index (χ1v) is 17.5. The molecule has 50 heavy (non-hydrogen) atoms. The Labute approximate surface area is 293 Å². The number of ether oxygens (including phenoxy) is 1. The molecule has 15 heteroatoms. The summed E-state index contributed by atoms with van der Waals surface area (Å²) in [7, 11) is 1.76. The van der Waals surface area contributed by atoms with Gasteiger partial charge >= 0.3 is 12.1 Å². The van der Waals surface area contributed by atoms with E-state index in [4.69, 9.17) is 16.3 Å². The summed E-state index contributed by atoms with van der Waals surface area (Å²) < 4.78 is 48.2. The van der Waals surface area contributed by atoms with Crippen molar-refractivity contribution in [3.05, 3.63) is 58.7 Å². The molecule has 3 aliphatic rings. The summed E-state index contributed by atoms with van der Waals surface area (Å²) in [5, 5.41) is 17.7. The minimum Gasteiger partial charge on any atom is -0.481 e. The molecule has 2 aliphatic heterocycles. The van der Waals surface area contributed by atoms with Crippen LogP contribution in [0, 0.1) is 5.92 Å². The molecule has 3 fully saturated rings. The van der Waals surface area contributed by atoms with E-state index in [9.17, 15) is 32.7 Å². The molecule has 0 bridgehead atoms. The number of hydrogen-bond donors (Lipinski definition) is 2. The number of ketones is 1. The predicted octanol–water partition coefficient (Wildman–Crippen LogP) is 5.18. The van der Waals surface area contributed by atoms with Gasteiger partial charge in [-0.05, 0) is 62.3 Å². The minimum atomic E-state index is -4.33. The third-order valence-corrected chi connectivity index (χ3v) is 10.4. The number of Topliss-reactive ketones (excluding diaryl/α,β-unsaturated/α-hetero) is 1. The summed E-state index contributed by atoms with van der Waals surface area (Å²) in [6.07, 6.45) is -1.39. The summed E-state index contributed by atoms with van der Waals surface area (Å²) in [6, 6.07) is 12.3. The van der Waals surface area contributed by atoms with E-state index in [0.29, 0.717) is 55.4 Å². The van der Waals surface area contributed by atoms with E-state index in [1.54, 1.807) is 29.9 Å². The maximum atomic E-state index is 14.7. The SMILES string of the molecule is Cn1nc(C(=O)Nc2ccc(CC(=O)C(OC3CCC(C(=O)O)CC3)(N3CCCC3)N3CCN(CC(F)(F)F)CC3)cc2Cl)c2ccccc21. The second-order valence-corrected chi connectivity index (χ2v) is 13.9. The van der Waals surface area contributed by atoms with Crippen LogP contribution in [0.4, 0.5) is 18.9 Å². The number of rotatable bonds is 11. The van der Waals surface area contributed by atoms with Crippen LogP contribution in [0.25, 0.3) is 10.9 Å². The van der Waals surface area contributed by atoms with Gasteiger partial charge < -0.3 is 15.2 Å². The van der Waals surface area contributed by atoms with E-state index in [2.05, 4.69) is 10.4 Å². The molecule has 270 valence electrons. The Morgan fingerprint density at radius 2 is 1.62 bits per heavy atom. The summed E-state index contributed by atoms with van der Waals surface area (Å²) in [5.41, 5.74) is 1.98. The Morgan fingerprint density at radius 1 is 0.960 bits per heavy atom. The molecular formula is C35H42ClF3N6O5. The Hall–Kier alpha value is -3.56. The molecule has 0 spiro atoms. The van der Waals surface area contributed by atoms with E-state index < -0.39 is 42.5 Å². The van der Waals surface area contributed by atoms with Crippen molar-refractivity contribution in [2.45, 2.75) is 63.1 Å². The monoisotopic (exact) mass is 718 g/mol. The van der Waals surface area contributed by atoms with Gasteiger partial charge in [0.05, 0.1) is 34.8 Å². The smallest absolute Gasteiger partial charge is 0.401 e. The molecule has 11 nitrogen and oxygen atoms in total. The number of para-hydroxylation sites is 1. The molecule has 1 unspecified atom stereocenters. The van der Waals surface area contributed by atoms with E-state index in [1.165, 1.54) is 4.90 Å². The fourth-order valence-corrected chi connectivity index (χ4v) is 7.79. The van der Waals surface area contributed by atoms with Gasteiger partial charge in [0.1, 0.15) is 0 Å². The van der Waals surface area contributed by atoms with Crippen LogP contribution in [0.1, 0.15) is 54.6 Å². The van der Waals surface area contributed by atoms with E-state index in [0.717, 1.165) is 18.4 Å². The number of halogens is 4. The number of nitrogens with zero attached hydrogens (tertiary/aromatic N) is 5. The fraction of sp³-hybridized carbons (Fsp3) is 0.543. The summed E-state index contributed by atoms with van der Waals surface area (Å²) in [6.45, 7) is 0.739. The van der Waals surface area contributed by atoms with Crippen molar-refractivity contribution in [3.8, 4) is 0 Å². The van der Waals surface area contributed by atoms with Gasteiger partial charge in [-0.1, -0.05) is 35.9 Å². The summed E-state index contributed by atoms with van der Waals surface area (Å²) in [5.74, 6) is -3.57. The molecule has 6 rings (SSSR count). The molecule has 3 aromatic rings. The molecule has 2 N–H and O–H groups in total. The zero-order valence-corrected chi connectivity index (χ0v) is 28.7. The van der Waals surface area contributed by atoms with Crippen molar-refractivity contribution in [3.63, 3.8) is 0 Å². The zero-order valence-electron chi connectivity index (χ0n) is 27.9. The van der Waals surface area contributed by atoms with Crippen molar-refractivity contribution in [2.24, 2.45) is 13.0 Å². The van der Waals surface area contributed by atoms with Crippen LogP contribution in [0.5, 0.6) is 0 Å². The number of aromatic nitrogens is 2. The van der Waals surface area contributed by atoms with Gasteiger partial charge in [0.15, 0.2) is 11.5 Å². The molecule has 0 radical (unpaired) electrons. The Balaban J connectivity index is 1.24. The van der Waals surface area contributed by atoms with Gasteiger partial charge in [-0.3, -0.25) is 33.8 Å². The number of fused-ring (bicyclic) bond motifs is 1. The van der Waals surface area contributed by atoms with Crippen molar-refractivity contribution in [2.75, 3.05) is 51.1 Å². The number of hydrogen-bond acceptors (Lipinski definition) is 8. The normalized spacial score (nSPS) is 22.4. The molecule has 1 aliphatic carbocycles. The summed E-state index contributed by atoms with van der Waals surface area (Å²) >= 11 is 6.67. The Bertz CT molecular complexity index is 1710. The average molecular weight is 719 g/mol. The number of amides is 1. The second-order valence-electron chi connectivity index (χ2n) is 13.5. The van der Waals surface area contributed by atoms with Gasteiger partial charge in [-0.25, -0.2) is 0 Å². The van der Waals surface area contributed by atoms with Crippen molar-refractivity contribution in [1.29, 1.82) is 0 Å². The third-order valence-electron chi connectivity index (χ3n) is 10.1. The largest absolute Gasteiger partial charge is 0.481 e. The molecule has 1 amide bonds. The first kappa shape index (κ1) is 36.2. The number of carboxylic acid groups (broad SMARTS) is 1. The lowest BCUT2D eigenvalue weighted by Crippen LogP contribution is -2.71. The molecular weight excluding hydrogens is 677 g/mol. The topological polar surface area (TPSA) is 120 Å². The third kappa shape index (κ3) is 7.84. The molecule has 1 atom stereocenters. The lowest BCUT2D eigenvalue weighted by Gasteiger charge is -2.52. The quantitative estimate of drug-likeness (QED) is 0.277. The Morgan fingerprint density at radius 3 is 2.26 bits per heavy atom. The van der Waals surface area contributed by atoms with E-state index in [1.807, 2.05) is 34.1 Å². The van der Waals surface area contributed by atoms with Gasteiger partial charge in [-0.2, -0.15) is 18.3 Å². The van der Waals surface area contributed by atoms with Crippen LogP contribution in [0.15, 0.2) is 42.5 Å². The zero-order chi connectivity index (χ0) is 35.6. The first-order valence-electron chi connectivity index (χ1n) is 17.1. The van der Waals surface area contributed by atoms with Crippen LogP contribution in [0.3, 0.4) is 0 Å². The average Bonchev–Trinajstić information content (AvgIpc) is 3.74. The van der Waals surface area contributed by atoms with Crippen molar-refractivity contribution < 1.29 is 37.4 Å². The van der Waals surface area contributed by atoms with Crippen LogP contribution in [0.2, 0.25) is 5.02 Å². The number of carboxylic acids is 1. The number of aryl methyl sites for hydroxylation is 1. The lowest BCUT2D eigenvalue weighted by molar-refractivity contribution is -0.262. The summed E-state index contributed by atoms with van der Waals surface area (Å²) in [4.78, 5) is 44.8. The highest BCUT2D eigenvalue weighted by Gasteiger charge is 2.53. The second kappa shape index (κ2) is 15.0. The van der Waals surface area contributed by atoms with Crippen LogP contribution in [-0.2, 0) is 27.8 Å². The number of carbonyl (C=O) groups is 3. The number of likely N-dealkylation sites (tertiary alicyclic amines) is 1. The molecule has 2 saturated heterocycles. The van der Waals surface area contributed by atoms with Gasteiger partial charge in [0.25, 0.3) is 5.91 Å². The number of alkyl halides is 3. The number of carbonyl (C=O) groups excluding carboxylic acids is 2. The van der Waals surface area contributed by atoms with E-state index >= 15 is 0 Å². The highest BCUT2D eigenvalue weighted by molar-refractivity contribution is 6.34. The van der Waals surface area contributed by atoms with Crippen molar-refractivity contribution >= 4 is 45.9 Å². The minimum absolute atomic E-state index is 0.0808. The van der Waals surface area contributed by atoms with Crippen LogP contribution >= 0.6 is 11.6 Å².